The number of amides is 1. The normalized spacial score (nSPS) is 31.9. The smallest absolute Gasteiger partial charge is 0.254 e. The molecule has 1 amide bonds. The minimum Gasteiger partial charge on any atom is -0.349 e. The Morgan fingerprint density at radius 3 is 2.78 bits per heavy atom. The minimum atomic E-state index is 0.0360. The first kappa shape index (κ1) is 19.6. The zero-order valence-corrected chi connectivity index (χ0v) is 18.0. The number of fused-ring (bicyclic) bond motifs is 2. The van der Waals surface area contributed by atoms with Gasteiger partial charge in [0.2, 0.25) is 0 Å². The van der Waals surface area contributed by atoms with Gasteiger partial charge in [-0.1, -0.05) is 25.4 Å². The molecule has 1 heterocycles. The number of hydrogen-bond acceptors (Lipinski definition) is 3. The number of thioether (sulfide) groups is 1. The number of rotatable bonds is 6. The topological polar surface area (TPSA) is 42.0 Å². The van der Waals surface area contributed by atoms with Crippen LogP contribution in [0.5, 0.6) is 0 Å². The maximum Gasteiger partial charge on any atom is 0.254 e. The number of carbonyl (C=O) groups excluding carboxylic acids is 1. The minimum absolute atomic E-state index is 0.0360. The lowest BCUT2D eigenvalue weighted by molar-refractivity contribution is 0.0898. The second kappa shape index (κ2) is 8.32. The molecule has 0 aliphatic heterocycles. The van der Waals surface area contributed by atoms with Gasteiger partial charge in [-0.2, -0.15) is 0 Å². The highest BCUT2D eigenvalue weighted by molar-refractivity contribution is 7.99. The van der Waals surface area contributed by atoms with Crippen molar-refractivity contribution in [3.05, 3.63) is 22.8 Å². The third-order valence-electron chi connectivity index (χ3n) is 6.92. The van der Waals surface area contributed by atoms with Crippen molar-refractivity contribution in [2.24, 2.45) is 29.6 Å². The monoisotopic (exact) mass is 406 g/mol. The van der Waals surface area contributed by atoms with Crippen molar-refractivity contribution in [3.8, 4) is 0 Å². The predicted octanol–water partition coefficient (Wildman–Crippen LogP) is 5.82. The fourth-order valence-corrected chi connectivity index (χ4v) is 7.03. The van der Waals surface area contributed by atoms with Gasteiger partial charge < -0.3 is 5.32 Å². The summed E-state index contributed by atoms with van der Waals surface area (Å²) in [5, 5.41) is 4.63. The first-order valence-corrected chi connectivity index (χ1v) is 12.0. The van der Waals surface area contributed by atoms with E-state index >= 15 is 0 Å². The summed E-state index contributed by atoms with van der Waals surface area (Å²) in [6, 6.07) is 3.92. The Morgan fingerprint density at radius 2 is 1.96 bits per heavy atom. The highest BCUT2D eigenvalue weighted by Crippen LogP contribution is 2.53. The molecule has 3 aliphatic carbocycles. The lowest BCUT2D eigenvalue weighted by Crippen LogP contribution is -2.42. The fourth-order valence-electron chi connectivity index (χ4n) is 5.57. The molecule has 4 unspecified atom stereocenters. The first-order chi connectivity index (χ1) is 13.0. The summed E-state index contributed by atoms with van der Waals surface area (Å²) in [6.07, 6.45) is 9.06. The zero-order valence-electron chi connectivity index (χ0n) is 16.4. The van der Waals surface area contributed by atoms with Gasteiger partial charge in [-0.05, 0) is 92.4 Å². The summed E-state index contributed by atoms with van der Waals surface area (Å²) < 4.78 is 0. The predicted molar refractivity (Wildman–Crippen MR) is 112 cm³/mol. The zero-order chi connectivity index (χ0) is 19.0. The van der Waals surface area contributed by atoms with E-state index in [-0.39, 0.29) is 5.91 Å². The van der Waals surface area contributed by atoms with E-state index in [1.165, 1.54) is 32.1 Å². The van der Waals surface area contributed by atoms with E-state index in [2.05, 4.69) is 24.1 Å². The second-order valence-corrected chi connectivity index (χ2v) is 10.7. The van der Waals surface area contributed by atoms with Gasteiger partial charge >= 0.3 is 0 Å². The quantitative estimate of drug-likeness (QED) is 0.478. The first-order valence-electron chi connectivity index (χ1n) is 10.6. The fraction of sp³-hybridized carbons (Fsp3) is 0.727. The maximum atomic E-state index is 13.1. The van der Waals surface area contributed by atoms with E-state index in [0.29, 0.717) is 28.6 Å². The number of hydrogen-bond donors (Lipinski definition) is 1. The molecule has 1 N–H and O–H groups in total. The van der Waals surface area contributed by atoms with Crippen LogP contribution in [0.3, 0.4) is 0 Å². The number of nitrogens with zero attached hydrogens (tertiary/aromatic N) is 1. The Balaban J connectivity index is 1.45. The SMILES string of the molecule is CC(C)CCSc1nc(Cl)ccc1C(=O)N[C@@H]1CCC2CC3CC2CC1C3. The molecule has 3 aliphatic rings. The Morgan fingerprint density at radius 1 is 1.19 bits per heavy atom. The van der Waals surface area contributed by atoms with Crippen LogP contribution in [0, 0.1) is 29.6 Å². The summed E-state index contributed by atoms with van der Waals surface area (Å²) >= 11 is 7.76. The largest absolute Gasteiger partial charge is 0.349 e. The van der Waals surface area contributed by atoms with Crippen molar-refractivity contribution in [2.75, 3.05) is 5.75 Å². The molecule has 1 aromatic heterocycles. The second-order valence-electron chi connectivity index (χ2n) is 9.26. The summed E-state index contributed by atoms with van der Waals surface area (Å²) in [5.41, 5.74) is 0.690. The molecule has 4 rings (SSSR count). The van der Waals surface area contributed by atoms with Crippen molar-refractivity contribution in [1.29, 1.82) is 0 Å². The van der Waals surface area contributed by atoms with Crippen LogP contribution >= 0.6 is 23.4 Å². The summed E-state index contributed by atoms with van der Waals surface area (Å²) in [6.45, 7) is 4.43. The molecule has 5 heteroatoms. The summed E-state index contributed by atoms with van der Waals surface area (Å²) in [5.74, 6) is 5.07. The van der Waals surface area contributed by atoms with E-state index in [9.17, 15) is 4.79 Å². The Kier molecular flexibility index (Phi) is 6.03. The summed E-state index contributed by atoms with van der Waals surface area (Å²) in [7, 11) is 0. The van der Waals surface area contributed by atoms with Crippen LogP contribution in [-0.4, -0.2) is 22.7 Å². The average molecular weight is 407 g/mol. The number of aromatic nitrogens is 1. The molecule has 3 bridgehead atoms. The molecule has 148 valence electrons. The molecule has 0 saturated heterocycles. The van der Waals surface area contributed by atoms with Crippen molar-refractivity contribution >= 4 is 29.3 Å². The Bertz CT molecular complexity index is 695. The number of carbonyl (C=O) groups is 1. The van der Waals surface area contributed by atoms with Gasteiger partial charge in [-0.3, -0.25) is 4.79 Å². The lowest BCUT2D eigenvalue weighted by atomic mass is 9.77. The molecular weight excluding hydrogens is 376 g/mol. The highest BCUT2D eigenvalue weighted by Gasteiger charge is 2.45. The van der Waals surface area contributed by atoms with Crippen molar-refractivity contribution in [2.45, 2.75) is 69.9 Å². The van der Waals surface area contributed by atoms with E-state index in [4.69, 9.17) is 11.6 Å². The molecule has 27 heavy (non-hydrogen) atoms. The Labute approximate surface area is 172 Å². The molecule has 0 spiro atoms. The van der Waals surface area contributed by atoms with E-state index in [1.54, 1.807) is 17.8 Å². The van der Waals surface area contributed by atoms with Crippen LogP contribution in [0.25, 0.3) is 0 Å². The average Bonchev–Trinajstić information content (AvgIpc) is 2.84. The van der Waals surface area contributed by atoms with Gasteiger partial charge in [-0.25, -0.2) is 4.98 Å². The molecule has 3 fully saturated rings. The van der Waals surface area contributed by atoms with Crippen LogP contribution < -0.4 is 5.32 Å². The molecule has 3 saturated carbocycles. The van der Waals surface area contributed by atoms with Crippen LogP contribution in [0.4, 0.5) is 0 Å². The van der Waals surface area contributed by atoms with Crippen molar-refractivity contribution in [1.82, 2.24) is 10.3 Å². The van der Waals surface area contributed by atoms with Gasteiger partial charge in [-0.15, -0.1) is 11.8 Å². The van der Waals surface area contributed by atoms with E-state index < -0.39 is 0 Å². The van der Waals surface area contributed by atoms with Gasteiger partial charge in [0.1, 0.15) is 10.2 Å². The number of halogens is 1. The molecule has 5 atom stereocenters. The van der Waals surface area contributed by atoms with Gasteiger partial charge in [0, 0.05) is 6.04 Å². The molecule has 1 aromatic rings. The van der Waals surface area contributed by atoms with Gasteiger partial charge in [0.15, 0.2) is 0 Å². The van der Waals surface area contributed by atoms with Crippen LogP contribution in [-0.2, 0) is 0 Å². The third kappa shape index (κ3) is 4.48. The van der Waals surface area contributed by atoms with E-state index in [0.717, 1.165) is 41.4 Å². The molecule has 0 radical (unpaired) electrons. The maximum absolute atomic E-state index is 13.1. The standard InChI is InChI=1S/C22H31ClN2OS/c1-13(2)7-8-27-22-18(4-6-20(23)25-22)21(26)24-19-5-3-15-9-14-10-16(15)12-17(19)11-14/h4,6,13-17,19H,3,5,7-12H2,1-2H3,(H,24,26)/t14?,15?,16?,17?,19-/m1/s1. The summed E-state index contributed by atoms with van der Waals surface area (Å²) in [4.78, 5) is 17.6. The molecular formula is C22H31ClN2OS. The number of nitrogens with one attached hydrogen (secondary N) is 1. The van der Waals surface area contributed by atoms with Crippen molar-refractivity contribution in [3.63, 3.8) is 0 Å². The van der Waals surface area contributed by atoms with Gasteiger partial charge in [0.05, 0.1) is 5.56 Å². The molecule has 3 nitrogen and oxygen atoms in total. The highest BCUT2D eigenvalue weighted by atomic mass is 35.5. The van der Waals surface area contributed by atoms with Crippen LogP contribution in [0.2, 0.25) is 5.15 Å². The van der Waals surface area contributed by atoms with Crippen molar-refractivity contribution < 1.29 is 4.79 Å². The number of pyridine rings is 1. The lowest BCUT2D eigenvalue weighted by Gasteiger charge is -2.33. The van der Waals surface area contributed by atoms with Gasteiger partial charge in [0.25, 0.3) is 5.91 Å². The van der Waals surface area contributed by atoms with Crippen LogP contribution in [0.1, 0.15) is 69.2 Å². The molecule has 0 aromatic carbocycles. The third-order valence-corrected chi connectivity index (χ3v) is 8.15. The van der Waals surface area contributed by atoms with E-state index in [1.807, 2.05) is 6.07 Å². The van der Waals surface area contributed by atoms with Crippen LogP contribution in [0.15, 0.2) is 17.2 Å². The Hall–Kier alpha value is -0.740.